The van der Waals surface area contributed by atoms with Crippen LogP contribution in [-0.4, -0.2) is 34.1 Å². The molecule has 2 heterocycles. The Hall–Kier alpha value is -1.59. The van der Waals surface area contributed by atoms with E-state index in [2.05, 4.69) is 21.7 Å². The molecule has 2 aromatic heterocycles. The molecule has 6 heteroatoms. The van der Waals surface area contributed by atoms with Crippen LogP contribution in [0, 0.1) is 0 Å². The third-order valence-corrected chi connectivity index (χ3v) is 4.51. The summed E-state index contributed by atoms with van der Waals surface area (Å²) in [4.78, 5) is 9.34. The van der Waals surface area contributed by atoms with Crippen molar-refractivity contribution in [2.75, 3.05) is 25.3 Å². The van der Waals surface area contributed by atoms with E-state index in [1.54, 1.807) is 7.11 Å². The number of rotatable bonds is 7. The summed E-state index contributed by atoms with van der Waals surface area (Å²) < 4.78 is 7.52. The summed E-state index contributed by atoms with van der Waals surface area (Å²) in [5, 5.41) is 0. The number of nitrogens with two attached hydrogens (primary N) is 1. The number of aryl methyl sites for hydroxylation is 2. The van der Waals surface area contributed by atoms with Crippen molar-refractivity contribution < 1.29 is 4.74 Å². The molecule has 0 saturated heterocycles. The van der Waals surface area contributed by atoms with E-state index in [-0.39, 0.29) is 0 Å². The van der Waals surface area contributed by atoms with Crippen LogP contribution in [0.4, 0.5) is 5.82 Å². The van der Waals surface area contributed by atoms with Crippen LogP contribution in [0.2, 0.25) is 0 Å². The Morgan fingerprint density at radius 1 is 1.35 bits per heavy atom. The molecule has 0 aromatic carbocycles. The van der Waals surface area contributed by atoms with Crippen molar-refractivity contribution in [1.29, 1.82) is 0 Å². The molecule has 0 amide bonds. The van der Waals surface area contributed by atoms with E-state index in [1.165, 1.54) is 5.56 Å². The average molecular weight is 335 g/mol. The first-order valence-electron chi connectivity index (χ1n) is 8.15. The van der Waals surface area contributed by atoms with E-state index < -0.39 is 0 Å². The molecule has 2 N–H and O–H groups in total. The third kappa shape index (κ3) is 3.21. The molecule has 0 aliphatic heterocycles. The van der Waals surface area contributed by atoms with Gasteiger partial charge in [-0.3, -0.25) is 0 Å². The minimum atomic E-state index is 0.531. The standard InChI is InChI=1S/C17H23ClN4O/c1-23-11-8-14-21-15-16(22(14)10-5-4-9-18)12-6-2-3-7-13(12)20-17(15)19/h2,6H,3-5,7-11H2,1H3,(H2,19,20). The molecule has 0 fully saturated rings. The molecule has 23 heavy (non-hydrogen) atoms. The van der Waals surface area contributed by atoms with Crippen LogP contribution in [0.5, 0.6) is 0 Å². The fourth-order valence-electron chi connectivity index (χ4n) is 3.12. The second-order valence-corrected chi connectivity index (χ2v) is 6.19. The maximum atomic E-state index is 6.18. The van der Waals surface area contributed by atoms with Crippen LogP contribution >= 0.6 is 11.6 Å². The number of hydrogen-bond acceptors (Lipinski definition) is 4. The number of hydrogen-bond donors (Lipinski definition) is 1. The highest BCUT2D eigenvalue weighted by Crippen LogP contribution is 2.31. The summed E-state index contributed by atoms with van der Waals surface area (Å²) in [5.74, 6) is 2.22. The van der Waals surface area contributed by atoms with Crippen LogP contribution < -0.4 is 5.73 Å². The quantitative estimate of drug-likeness (QED) is 0.624. The number of anilines is 1. The van der Waals surface area contributed by atoms with Crippen LogP contribution in [0.25, 0.3) is 17.1 Å². The molecule has 0 unspecified atom stereocenters. The Morgan fingerprint density at radius 3 is 3.00 bits per heavy atom. The molecule has 3 rings (SSSR count). The van der Waals surface area contributed by atoms with Crippen molar-refractivity contribution in [2.45, 2.75) is 38.6 Å². The largest absolute Gasteiger partial charge is 0.384 e. The first-order valence-corrected chi connectivity index (χ1v) is 8.68. The molecule has 0 atom stereocenters. The van der Waals surface area contributed by atoms with Crippen molar-refractivity contribution in [1.82, 2.24) is 14.5 Å². The van der Waals surface area contributed by atoms with E-state index >= 15 is 0 Å². The molecule has 1 aliphatic carbocycles. The number of nitrogen functional groups attached to an aromatic ring is 1. The highest BCUT2D eigenvalue weighted by molar-refractivity contribution is 6.17. The Balaban J connectivity index is 2.13. The van der Waals surface area contributed by atoms with Crippen LogP contribution in [-0.2, 0) is 24.1 Å². The van der Waals surface area contributed by atoms with Crippen molar-refractivity contribution in [3.05, 3.63) is 23.2 Å². The van der Waals surface area contributed by atoms with Gasteiger partial charge in [0.05, 0.1) is 17.8 Å². The second-order valence-electron chi connectivity index (χ2n) is 5.81. The lowest BCUT2D eigenvalue weighted by Crippen LogP contribution is -2.09. The molecular weight excluding hydrogens is 312 g/mol. The van der Waals surface area contributed by atoms with Crippen LogP contribution in [0.3, 0.4) is 0 Å². The van der Waals surface area contributed by atoms with Gasteiger partial charge in [0, 0.05) is 31.5 Å². The smallest absolute Gasteiger partial charge is 0.151 e. The Bertz CT molecular complexity index is 723. The van der Waals surface area contributed by atoms with Crippen LogP contribution in [0.15, 0.2) is 6.08 Å². The summed E-state index contributed by atoms with van der Waals surface area (Å²) in [5.41, 5.74) is 10.4. The first kappa shape index (κ1) is 16.3. The number of nitrogens with zero attached hydrogens (tertiary/aromatic N) is 3. The number of aromatic nitrogens is 3. The first-order chi connectivity index (χ1) is 11.3. The highest BCUT2D eigenvalue weighted by Gasteiger charge is 2.20. The van der Waals surface area contributed by atoms with Gasteiger partial charge in [-0.15, -0.1) is 11.6 Å². The van der Waals surface area contributed by atoms with E-state index in [0.717, 1.165) is 61.2 Å². The number of imidazole rings is 1. The van der Waals surface area contributed by atoms with Crippen LogP contribution in [0.1, 0.15) is 36.3 Å². The Kier molecular flexibility index (Phi) is 5.18. The second kappa shape index (κ2) is 7.32. The predicted molar refractivity (Wildman–Crippen MR) is 94.8 cm³/mol. The number of halogens is 1. The molecule has 1 aliphatic rings. The molecule has 2 aromatic rings. The zero-order chi connectivity index (χ0) is 16.2. The van der Waals surface area contributed by atoms with E-state index in [0.29, 0.717) is 18.3 Å². The van der Waals surface area contributed by atoms with E-state index in [4.69, 9.17) is 27.1 Å². The Labute approximate surface area is 141 Å². The van der Waals surface area contributed by atoms with Gasteiger partial charge in [-0.2, -0.15) is 0 Å². The minimum Gasteiger partial charge on any atom is -0.384 e. The number of allylic oxidation sites excluding steroid dienone is 1. The molecule has 124 valence electrons. The van der Waals surface area contributed by atoms with Gasteiger partial charge in [0.25, 0.3) is 0 Å². The van der Waals surface area contributed by atoms with Gasteiger partial charge in [-0.05, 0) is 25.7 Å². The summed E-state index contributed by atoms with van der Waals surface area (Å²) in [6, 6.07) is 0. The van der Waals surface area contributed by atoms with Crippen molar-refractivity contribution >= 4 is 34.5 Å². The Morgan fingerprint density at radius 2 is 2.22 bits per heavy atom. The molecule has 0 bridgehead atoms. The fourth-order valence-corrected chi connectivity index (χ4v) is 3.31. The maximum absolute atomic E-state index is 6.18. The monoisotopic (exact) mass is 334 g/mol. The van der Waals surface area contributed by atoms with Gasteiger partial charge in [-0.25, -0.2) is 9.97 Å². The zero-order valence-electron chi connectivity index (χ0n) is 13.5. The zero-order valence-corrected chi connectivity index (χ0v) is 14.3. The molecule has 0 spiro atoms. The SMILES string of the molecule is COCCc1nc2c(N)nc3c(c2n1CCCCCl)C=CCC3. The lowest BCUT2D eigenvalue weighted by molar-refractivity contribution is 0.199. The number of pyridine rings is 1. The number of ether oxygens (including phenoxy) is 1. The summed E-state index contributed by atoms with van der Waals surface area (Å²) >= 11 is 5.84. The lowest BCUT2D eigenvalue weighted by Gasteiger charge is -2.15. The normalized spacial score (nSPS) is 13.7. The topological polar surface area (TPSA) is 66.0 Å². The summed E-state index contributed by atoms with van der Waals surface area (Å²) in [6.45, 7) is 1.54. The van der Waals surface area contributed by atoms with E-state index in [9.17, 15) is 0 Å². The average Bonchev–Trinajstić information content (AvgIpc) is 2.93. The van der Waals surface area contributed by atoms with Crippen molar-refractivity contribution in [3.63, 3.8) is 0 Å². The number of alkyl halides is 1. The molecule has 5 nitrogen and oxygen atoms in total. The molecule has 0 radical (unpaired) electrons. The fraction of sp³-hybridized carbons (Fsp3) is 0.529. The van der Waals surface area contributed by atoms with Gasteiger partial charge < -0.3 is 15.0 Å². The predicted octanol–water partition coefficient (Wildman–Crippen LogP) is 3.18. The van der Waals surface area contributed by atoms with Gasteiger partial charge >= 0.3 is 0 Å². The van der Waals surface area contributed by atoms with E-state index in [1.807, 2.05) is 0 Å². The minimum absolute atomic E-state index is 0.531. The van der Waals surface area contributed by atoms with Crippen molar-refractivity contribution in [3.8, 4) is 0 Å². The summed E-state index contributed by atoms with van der Waals surface area (Å²) in [6.07, 6.45) is 9.09. The number of unbranched alkanes of at least 4 members (excludes halogenated alkanes) is 1. The maximum Gasteiger partial charge on any atom is 0.151 e. The lowest BCUT2D eigenvalue weighted by atomic mass is 10.0. The summed E-state index contributed by atoms with van der Waals surface area (Å²) in [7, 11) is 1.71. The van der Waals surface area contributed by atoms with Gasteiger partial charge in [0.2, 0.25) is 0 Å². The van der Waals surface area contributed by atoms with Gasteiger partial charge in [0.15, 0.2) is 5.82 Å². The third-order valence-electron chi connectivity index (χ3n) is 4.24. The van der Waals surface area contributed by atoms with Crippen molar-refractivity contribution in [2.24, 2.45) is 0 Å². The molecule has 0 saturated carbocycles. The van der Waals surface area contributed by atoms with Gasteiger partial charge in [0.1, 0.15) is 11.3 Å². The van der Waals surface area contributed by atoms with Gasteiger partial charge in [-0.1, -0.05) is 12.2 Å². The molecular formula is C17H23ClN4O. The number of methoxy groups -OCH3 is 1. The highest BCUT2D eigenvalue weighted by atomic mass is 35.5. The number of fused-ring (bicyclic) bond motifs is 3.